The summed E-state index contributed by atoms with van der Waals surface area (Å²) in [6.45, 7) is 4.16. The lowest BCUT2D eigenvalue weighted by atomic mass is 10.0. The third-order valence-electron chi connectivity index (χ3n) is 3.17. The van der Waals surface area contributed by atoms with Crippen LogP contribution in [0, 0.1) is 0 Å². The molecule has 2 heterocycles. The summed E-state index contributed by atoms with van der Waals surface area (Å²) in [5, 5.41) is 5.54. The van der Waals surface area contributed by atoms with Crippen LogP contribution in [0.1, 0.15) is 43.9 Å². The van der Waals surface area contributed by atoms with E-state index < -0.39 is 6.17 Å². The highest BCUT2D eigenvalue weighted by Crippen LogP contribution is 2.40. The number of rotatable bonds is 3. The minimum atomic E-state index is -1.01. The highest BCUT2D eigenvalue weighted by Gasteiger charge is 2.35. The summed E-state index contributed by atoms with van der Waals surface area (Å²) in [6, 6.07) is 9.92. The van der Waals surface area contributed by atoms with Gasteiger partial charge in [-0.2, -0.15) is 0 Å². The largest absolute Gasteiger partial charge is 0.239 e. The van der Waals surface area contributed by atoms with Crippen LogP contribution in [0.3, 0.4) is 0 Å². The molecule has 0 amide bonds. The van der Waals surface area contributed by atoms with Gasteiger partial charge in [-0.3, -0.25) is 0 Å². The van der Waals surface area contributed by atoms with Gasteiger partial charge < -0.3 is 0 Å². The quantitative estimate of drug-likeness (QED) is 0.800. The van der Waals surface area contributed by atoms with Crippen LogP contribution in [0.25, 0.3) is 0 Å². The maximum absolute atomic E-state index is 14.1. The highest BCUT2D eigenvalue weighted by atomic mass is 32.2. The van der Waals surface area contributed by atoms with Crippen LogP contribution >= 0.6 is 11.8 Å². The van der Waals surface area contributed by atoms with Crippen molar-refractivity contribution in [3.8, 4) is 0 Å². The molecule has 1 aliphatic rings. The molecule has 0 spiro atoms. The number of halogens is 1. The molecule has 2 aromatic rings. The Labute approximate surface area is 116 Å². The zero-order valence-electron chi connectivity index (χ0n) is 11.0. The zero-order valence-corrected chi connectivity index (χ0v) is 11.8. The minimum absolute atomic E-state index is 0.0276. The van der Waals surface area contributed by atoms with Gasteiger partial charge in [-0.05, 0) is 5.56 Å². The Bertz CT molecular complexity index is 567. The molecule has 5 heteroatoms. The first kappa shape index (κ1) is 12.7. The van der Waals surface area contributed by atoms with Gasteiger partial charge in [-0.1, -0.05) is 55.9 Å². The van der Waals surface area contributed by atoms with E-state index in [0.29, 0.717) is 22.7 Å². The van der Waals surface area contributed by atoms with E-state index in [4.69, 9.17) is 0 Å². The predicted octanol–water partition coefficient (Wildman–Crippen LogP) is 3.78. The number of alkyl halides is 1. The Balaban J connectivity index is 1.95. The van der Waals surface area contributed by atoms with Gasteiger partial charge in [0.2, 0.25) is 5.16 Å². The Morgan fingerprint density at radius 2 is 2.05 bits per heavy atom. The molecule has 0 saturated carbocycles. The fourth-order valence-electron chi connectivity index (χ4n) is 2.37. The lowest BCUT2D eigenvalue weighted by molar-refractivity contribution is 0.327. The van der Waals surface area contributed by atoms with E-state index in [1.807, 2.05) is 30.3 Å². The molecule has 3 rings (SSSR count). The average molecular weight is 277 g/mol. The number of benzene rings is 1. The molecule has 3 nitrogen and oxygen atoms in total. The standard InChI is InChI=1S/C14H16FN3S/c1-9(2)19-14-16-13-11(15)8-12(18(13)17-14)10-6-4-3-5-7-10/h3-7,9,11-12H,8H2,1-2H3. The number of hydrogen-bond donors (Lipinski definition) is 0. The summed E-state index contributed by atoms with van der Waals surface area (Å²) >= 11 is 1.57. The van der Waals surface area contributed by atoms with Crippen LogP contribution in [-0.4, -0.2) is 20.0 Å². The monoisotopic (exact) mass is 277 g/mol. The minimum Gasteiger partial charge on any atom is -0.239 e. The van der Waals surface area contributed by atoms with Crippen LogP contribution in [0.4, 0.5) is 4.39 Å². The van der Waals surface area contributed by atoms with Gasteiger partial charge >= 0.3 is 0 Å². The van der Waals surface area contributed by atoms with Gasteiger partial charge in [0.15, 0.2) is 12.0 Å². The molecular formula is C14H16FN3S. The number of nitrogens with zero attached hydrogens (tertiary/aromatic N) is 3. The van der Waals surface area contributed by atoms with E-state index in [1.54, 1.807) is 16.4 Å². The SMILES string of the molecule is CC(C)Sc1nc2n(n1)C(c1ccccc1)CC2F. The lowest BCUT2D eigenvalue weighted by Gasteiger charge is -2.11. The van der Waals surface area contributed by atoms with Crippen LogP contribution in [0.15, 0.2) is 35.5 Å². The van der Waals surface area contributed by atoms with E-state index in [1.165, 1.54) is 0 Å². The van der Waals surface area contributed by atoms with Crippen molar-refractivity contribution in [3.05, 3.63) is 41.7 Å². The molecule has 0 fully saturated rings. The molecule has 1 aliphatic heterocycles. The van der Waals surface area contributed by atoms with Gasteiger partial charge in [-0.15, -0.1) is 5.10 Å². The van der Waals surface area contributed by atoms with Crippen molar-refractivity contribution in [2.75, 3.05) is 0 Å². The topological polar surface area (TPSA) is 30.7 Å². The first-order chi connectivity index (χ1) is 9.15. The molecule has 2 atom stereocenters. The maximum Gasteiger partial charge on any atom is 0.209 e. The Kier molecular flexibility index (Phi) is 3.31. The normalized spacial score (nSPS) is 21.9. The van der Waals surface area contributed by atoms with Gasteiger partial charge in [-0.25, -0.2) is 14.1 Å². The van der Waals surface area contributed by atoms with Crippen LogP contribution in [0.5, 0.6) is 0 Å². The van der Waals surface area contributed by atoms with Crippen molar-refractivity contribution >= 4 is 11.8 Å². The third kappa shape index (κ3) is 2.39. The predicted molar refractivity (Wildman–Crippen MR) is 74.1 cm³/mol. The number of hydrogen-bond acceptors (Lipinski definition) is 3. The first-order valence-electron chi connectivity index (χ1n) is 6.47. The zero-order chi connectivity index (χ0) is 13.4. The second kappa shape index (κ2) is 4.96. The highest BCUT2D eigenvalue weighted by molar-refractivity contribution is 7.99. The number of fused-ring (bicyclic) bond motifs is 1. The van der Waals surface area contributed by atoms with E-state index in [2.05, 4.69) is 23.9 Å². The third-order valence-corrected chi connectivity index (χ3v) is 4.02. The van der Waals surface area contributed by atoms with Crippen LogP contribution in [0.2, 0.25) is 0 Å². The molecule has 2 unspecified atom stereocenters. The van der Waals surface area contributed by atoms with Gasteiger partial charge in [0.25, 0.3) is 0 Å². The van der Waals surface area contributed by atoms with Crippen molar-refractivity contribution < 1.29 is 4.39 Å². The van der Waals surface area contributed by atoms with E-state index >= 15 is 0 Å². The van der Waals surface area contributed by atoms with E-state index in [9.17, 15) is 4.39 Å². The van der Waals surface area contributed by atoms with Crippen molar-refractivity contribution in [2.45, 2.75) is 42.9 Å². The first-order valence-corrected chi connectivity index (χ1v) is 7.35. The van der Waals surface area contributed by atoms with Crippen LogP contribution in [-0.2, 0) is 0 Å². The Morgan fingerprint density at radius 3 is 2.74 bits per heavy atom. The fraction of sp³-hybridized carbons (Fsp3) is 0.429. The van der Waals surface area contributed by atoms with E-state index in [-0.39, 0.29) is 6.04 Å². The molecule has 1 aromatic carbocycles. The van der Waals surface area contributed by atoms with Crippen molar-refractivity contribution in [2.24, 2.45) is 0 Å². The van der Waals surface area contributed by atoms with Crippen molar-refractivity contribution in [1.29, 1.82) is 0 Å². The smallest absolute Gasteiger partial charge is 0.209 e. The molecule has 0 radical (unpaired) electrons. The maximum atomic E-state index is 14.1. The van der Waals surface area contributed by atoms with Gasteiger partial charge in [0, 0.05) is 11.7 Å². The average Bonchev–Trinajstić information content (AvgIpc) is 2.90. The number of thioether (sulfide) groups is 1. The molecule has 0 bridgehead atoms. The van der Waals surface area contributed by atoms with Gasteiger partial charge in [0.1, 0.15) is 0 Å². The molecule has 1 aromatic heterocycles. The summed E-state index contributed by atoms with van der Waals surface area (Å²) in [6.07, 6.45) is -0.578. The van der Waals surface area contributed by atoms with Crippen LogP contribution < -0.4 is 0 Å². The second-order valence-electron chi connectivity index (χ2n) is 4.99. The summed E-state index contributed by atoms with van der Waals surface area (Å²) in [5.41, 5.74) is 1.09. The molecule has 0 saturated heterocycles. The molecule has 0 aliphatic carbocycles. The summed E-state index contributed by atoms with van der Waals surface area (Å²) in [7, 11) is 0. The molecule has 19 heavy (non-hydrogen) atoms. The Morgan fingerprint density at radius 1 is 1.32 bits per heavy atom. The number of aromatic nitrogens is 3. The molecular weight excluding hydrogens is 261 g/mol. The summed E-state index contributed by atoms with van der Waals surface area (Å²) < 4.78 is 15.8. The summed E-state index contributed by atoms with van der Waals surface area (Å²) in [5.74, 6) is 0.469. The van der Waals surface area contributed by atoms with Crippen molar-refractivity contribution in [3.63, 3.8) is 0 Å². The van der Waals surface area contributed by atoms with Crippen molar-refractivity contribution in [1.82, 2.24) is 14.8 Å². The lowest BCUT2D eigenvalue weighted by Crippen LogP contribution is -2.07. The fourth-order valence-corrected chi connectivity index (χ4v) is 3.08. The van der Waals surface area contributed by atoms with E-state index in [0.717, 1.165) is 5.56 Å². The molecule has 100 valence electrons. The molecule has 0 N–H and O–H groups in total. The summed E-state index contributed by atoms with van der Waals surface area (Å²) in [4.78, 5) is 4.33. The van der Waals surface area contributed by atoms with Gasteiger partial charge in [0.05, 0.1) is 6.04 Å². The second-order valence-corrected chi connectivity index (χ2v) is 6.54. The Hall–Kier alpha value is -1.36.